The zero-order valence-corrected chi connectivity index (χ0v) is 17.4. The number of halogens is 1. The number of H-pyrrole nitrogens is 1. The van der Waals surface area contributed by atoms with Gasteiger partial charge in [-0.2, -0.15) is 0 Å². The highest BCUT2D eigenvalue weighted by atomic mass is 35.5. The number of para-hydroxylation sites is 1. The molecule has 0 amide bonds. The van der Waals surface area contributed by atoms with Gasteiger partial charge in [-0.15, -0.1) is 0 Å². The van der Waals surface area contributed by atoms with E-state index in [1.807, 2.05) is 54.6 Å². The van der Waals surface area contributed by atoms with Gasteiger partial charge >= 0.3 is 5.69 Å². The van der Waals surface area contributed by atoms with E-state index in [1.165, 1.54) is 0 Å². The summed E-state index contributed by atoms with van der Waals surface area (Å²) in [7, 11) is 0. The van der Waals surface area contributed by atoms with E-state index in [2.05, 4.69) is 4.98 Å². The van der Waals surface area contributed by atoms with E-state index < -0.39 is 17.1 Å². The molecule has 0 fully saturated rings. The topological polar surface area (TPSA) is 87.5 Å². The van der Waals surface area contributed by atoms with E-state index >= 15 is 0 Å². The molecule has 1 aliphatic heterocycles. The van der Waals surface area contributed by atoms with Gasteiger partial charge in [0.05, 0.1) is 17.1 Å². The molecular weight excluding hydrogens is 426 g/mol. The number of benzene rings is 3. The van der Waals surface area contributed by atoms with Gasteiger partial charge in [0.15, 0.2) is 0 Å². The number of aromatic hydroxyl groups is 1. The molecule has 0 atom stereocenters. The lowest BCUT2D eigenvalue weighted by atomic mass is 9.96. The minimum Gasteiger partial charge on any atom is -0.494 e. The largest absolute Gasteiger partial charge is 0.494 e. The van der Waals surface area contributed by atoms with Crippen LogP contribution in [0.15, 0.2) is 93.4 Å². The van der Waals surface area contributed by atoms with E-state index in [0.29, 0.717) is 22.0 Å². The van der Waals surface area contributed by atoms with E-state index in [0.717, 1.165) is 21.4 Å². The van der Waals surface area contributed by atoms with Crippen LogP contribution in [0.3, 0.4) is 0 Å². The van der Waals surface area contributed by atoms with Crippen LogP contribution in [0.25, 0.3) is 17.3 Å². The summed E-state index contributed by atoms with van der Waals surface area (Å²) >= 11 is 5.94. The fraction of sp³-hybridized carbons (Fsp3) is 0. The molecule has 2 heterocycles. The number of fused-ring (bicyclic) bond motifs is 1. The standard InChI is InChI=1S/C25H16ClN3O3/c26-16-10-12-17(13-11-16)29-24(31)20(23(30)28-25(29)32)14-19-18-8-4-5-9-21(18)27-22(19)15-6-2-1-3-7-15/h1-14,31H,(H,28,30,32)/b19-14+. The molecule has 0 bridgehead atoms. The molecule has 32 heavy (non-hydrogen) atoms. The van der Waals surface area contributed by atoms with Crippen molar-refractivity contribution < 1.29 is 5.11 Å². The van der Waals surface area contributed by atoms with Crippen molar-refractivity contribution in [2.45, 2.75) is 0 Å². The number of rotatable bonds is 3. The smallest absolute Gasteiger partial charge is 0.335 e. The van der Waals surface area contributed by atoms with Crippen molar-refractivity contribution in [2.75, 3.05) is 0 Å². The molecule has 1 aromatic heterocycles. The summed E-state index contributed by atoms with van der Waals surface area (Å²) in [4.78, 5) is 32.2. The first-order valence-corrected chi connectivity index (χ1v) is 10.2. The molecule has 156 valence electrons. The lowest BCUT2D eigenvalue weighted by Gasteiger charge is -2.11. The van der Waals surface area contributed by atoms with Crippen molar-refractivity contribution >= 4 is 34.6 Å². The number of nitrogens with one attached hydrogen (secondary N) is 1. The number of hydrogen-bond acceptors (Lipinski definition) is 4. The molecule has 4 aromatic rings. The van der Waals surface area contributed by atoms with Gasteiger partial charge in [0.1, 0.15) is 5.56 Å². The summed E-state index contributed by atoms with van der Waals surface area (Å²) in [5.74, 6) is -0.467. The van der Waals surface area contributed by atoms with Crippen LogP contribution < -0.4 is 11.2 Å². The molecule has 1 aliphatic rings. The predicted molar refractivity (Wildman–Crippen MR) is 126 cm³/mol. The monoisotopic (exact) mass is 441 g/mol. The predicted octanol–water partition coefficient (Wildman–Crippen LogP) is 4.56. The maximum Gasteiger partial charge on any atom is 0.335 e. The number of allylic oxidation sites excluding steroid dienone is 1. The van der Waals surface area contributed by atoms with Crippen LogP contribution in [0.5, 0.6) is 5.88 Å². The third kappa shape index (κ3) is 3.36. The van der Waals surface area contributed by atoms with Crippen molar-refractivity contribution in [2.24, 2.45) is 4.99 Å². The van der Waals surface area contributed by atoms with Crippen LogP contribution in [-0.2, 0) is 0 Å². The van der Waals surface area contributed by atoms with Crippen molar-refractivity contribution in [1.82, 2.24) is 9.55 Å². The number of aromatic amines is 1. The Hall–Kier alpha value is -4.16. The Balaban J connectivity index is 1.74. The van der Waals surface area contributed by atoms with Gasteiger partial charge in [-0.1, -0.05) is 60.1 Å². The Morgan fingerprint density at radius 3 is 2.34 bits per heavy atom. The van der Waals surface area contributed by atoms with Crippen LogP contribution in [0.2, 0.25) is 5.02 Å². The minimum absolute atomic E-state index is 0.0464. The van der Waals surface area contributed by atoms with E-state index in [4.69, 9.17) is 16.6 Å². The van der Waals surface area contributed by atoms with Gasteiger partial charge in [-0.25, -0.2) is 14.4 Å². The molecule has 0 saturated carbocycles. The fourth-order valence-corrected chi connectivity index (χ4v) is 3.84. The summed E-state index contributed by atoms with van der Waals surface area (Å²) in [6.07, 6.45) is 1.57. The first kappa shape index (κ1) is 19.8. The maximum absolute atomic E-state index is 12.7. The summed E-state index contributed by atoms with van der Waals surface area (Å²) in [5.41, 5.74) is 2.70. The van der Waals surface area contributed by atoms with Gasteiger partial charge in [0.25, 0.3) is 5.56 Å². The fourth-order valence-electron chi connectivity index (χ4n) is 3.71. The van der Waals surface area contributed by atoms with Crippen molar-refractivity contribution in [3.8, 4) is 11.6 Å². The lowest BCUT2D eigenvalue weighted by Crippen LogP contribution is -2.30. The van der Waals surface area contributed by atoms with Gasteiger partial charge in [-0.3, -0.25) is 9.78 Å². The highest BCUT2D eigenvalue weighted by molar-refractivity contribution is 6.39. The first-order chi connectivity index (χ1) is 15.5. The van der Waals surface area contributed by atoms with Crippen LogP contribution in [0.4, 0.5) is 5.69 Å². The number of hydrogen-bond donors (Lipinski definition) is 2. The normalized spacial score (nSPS) is 13.8. The molecule has 0 spiro atoms. The molecule has 0 saturated heterocycles. The maximum atomic E-state index is 12.7. The number of nitrogens with zero attached hydrogens (tertiary/aromatic N) is 2. The molecule has 0 radical (unpaired) electrons. The zero-order valence-electron chi connectivity index (χ0n) is 16.6. The zero-order chi connectivity index (χ0) is 22.2. The molecular formula is C25H16ClN3O3. The summed E-state index contributed by atoms with van der Waals surface area (Å²) in [5, 5.41) is 11.4. The molecule has 2 N–H and O–H groups in total. The second-order valence-corrected chi connectivity index (χ2v) is 7.65. The highest BCUT2D eigenvalue weighted by Gasteiger charge is 2.24. The SMILES string of the molecule is O=c1[nH]c(=O)n(-c2ccc(Cl)cc2)c(O)c1/C=C1/C(c2ccccc2)=Nc2ccccc21. The van der Waals surface area contributed by atoms with Gasteiger partial charge in [0, 0.05) is 21.7 Å². The van der Waals surface area contributed by atoms with Crippen LogP contribution in [0.1, 0.15) is 16.7 Å². The van der Waals surface area contributed by atoms with Crippen molar-refractivity contribution in [3.63, 3.8) is 0 Å². The molecule has 0 unspecified atom stereocenters. The van der Waals surface area contributed by atoms with Crippen LogP contribution >= 0.6 is 11.6 Å². The Labute approximate surface area is 187 Å². The summed E-state index contributed by atoms with van der Waals surface area (Å²) < 4.78 is 1.03. The molecule has 6 nitrogen and oxygen atoms in total. The van der Waals surface area contributed by atoms with Crippen molar-refractivity contribution in [3.05, 3.63) is 121 Å². The quantitative estimate of drug-likeness (QED) is 0.488. The molecule has 0 aliphatic carbocycles. The average molecular weight is 442 g/mol. The molecule has 3 aromatic carbocycles. The Morgan fingerprint density at radius 2 is 1.59 bits per heavy atom. The lowest BCUT2D eigenvalue weighted by molar-refractivity contribution is 0.429. The second-order valence-electron chi connectivity index (χ2n) is 7.21. The van der Waals surface area contributed by atoms with Crippen molar-refractivity contribution in [1.29, 1.82) is 0 Å². The van der Waals surface area contributed by atoms with Gasteiger partial charge in [0.2, 0.25) is 5.88 Å². The van der Waals surface area contributed by atoms with Crippen LogP contribution in [0, 0.1) is 0 Å². The van der Waals surface area contributed by atoms with E-state index in [1.54, 1.807) is 30.3 Å². The third-order valence-electron chi connectivity index (χ3n) is 5.22. The number of aromatic nitrogens is 2. The number of aliphatic imine (C=N–C) groups is 1. The summed E-state index contributed by atoms with van der Waals surface area (Å²) in [6, 6.07) is 23.5. The second kappa shape index (κ2) is 7.83. The van der Waals surface area contributed by atoms with E-state index in [9.17, 15) is 14.7 Å². The Kier molecular flexibility index (Phi) is 4.84. The minimum atomic E-state index is -0.749. The molecule has 5 rings (SSSR count). The highest BCUT2D eigenvalue weighted by Crippen LogP contribution is 2.38. The molecule has 7 heteroatoms. The van der Waals surface area contributed by atoms with Gasteiger partial charge < -0.3 is 5.11 Å². The average Bonchev–Trinajstić information content (AvgIpc) is 3.17. The Bertz CT molecular complexity index is 1520. The summed E-state index contributed by atoms with van der Waals surface area (Å²) in [6.45, 7) is 0. The first-order valence-electron chi connectivity index (χ1n) is 9.83. The van der Waals surface area contributed by atoms with Crippen LogP contribution in [-0.4, -0.2) is 20.4 Å². The van der Waals surface area contributed by atoms with E-state index in [-0.39, 0.29) is 5.56 Å². The Morgan fingerprint density at radius 1 is 0.906 bits per heavy atom. The van der Waals surface area contributed by atoms with Gasteiger partial charge in [-0.05, 0) is 36.4 Å². The third-order valence-corrected chi connectivity index (χ3v) is 5.48.